The molecular formula is C13H11F5N2O. The van der Waals surface area contributed by atoms with Gasteiger partial charge in [0.1, 0.15) is 11.1 Å². The molecule has 114 valence electrons. The van der Waals surface area contributed by atoms with Crippen molar-refractivity contribution >= 4 is 11.6 Å². The number of carbonyl (C=O) groups excluding carboxylic acids is 1. The van der Waals surface area contributed by atoms with Crippen LogP contribution in [0.25, 0.3) is 0 Å². The van der Waals surface area contributed by atoms with Gasteiger partial charge in [0, 0.05) is 0 Å². The highest BCUT2D eigenvalue weighted by molar-refractivity contribution is 5.97. The van der Waals surface area contributed by atoms with Gasteiger partial charge in [0.25, 0.3) is 0 Å². The molecule has 1 rings (SSSR count). The van der Waals surface area contributed by atoms with Gasteiger partial charge >= 0.3 is 0 Å². The number of nitrogens with one attached hydrogen (secondary N) is 1. The Morgan fingerprint density at radius 2 is 1.38 bits per heavy atom. The van der Waals surface area contributed by atoms with Crippen LogP contribution in [-0.4, -0.2) is 5.91 Å². The molecule has 0 saturated heterocycles. The monoisotopic (exact) mass is 306 g/mol. The number of anilines is 1. The van der Waals surface area contributed by atoms with E-state index in [1.54, 1.807) is 11.4 Å². The second-order valence-corrected chi connectivity index (χ2v) is 4.30. The molecule has 0 saturated carbocycles. The summed E-state index contributed by atoms with van der Waals surface area (Å²) in [6, 6.07) is 1.70. The number of nitrogens with zero attached hydrogens (tertiary/aromatic N) is 1. The molecule has 1 aromatic rings. The summed E-state index contributed by atoms with van der Waals surface area (Å²) in [5.74, 6) is -12.1. The van der Waals surface area contributed by atoms with Gasteiger partial charge in [-0.15, -0.1) is 0 Å². The minimum absolute atomic E-state index is 0.0151. The average molecular weight is 306 g/mol. The van der Waals surface area contributed by atoms with Crippen LogP contribution < -0.4 is 5.32 Å². The summed E-state index contributed by atoms with van der Waals surface area (Å²) in [7, 11) is 0. The van der Waals surface area contributed by atoms with Crippen LogP contribution in [0, 0.1) is 45.8 Å². The quantitative estimate of drug-likeness (QED) is 0.524. The highest BCUT2D eigenvalue weighted by Gasteiger charge is 2.37. The minimum Gasteiger partial charge on any atom is -0.320 e. The van der Waals surface area contributed by atoms with Crippen molar-refractivity contribution in [2.45, 2.75) is 26.7 Å². The molecule has 0 spiro atoms. The molecule has 1 N–H and O–H groups in total. The number of nitriles is 1. The SMILES string of the molecule is CCC(C#N)(CC)C(=O)Nc1c(F)c(F)c(F)c(F)c1F. The molecule has 21 heavy (non-hydrogen) atoms. The summed E-state index contributed by atoms with van der Waals surface area (Å²) in [6.45, 7) is 2.98. The van der Waals surface area contributed by atoms with Crippen LogP contribution in [0.15, 0.2) is 0 Å². The Kier molecular flexibility index (Phi) is 4.88. The predicted octanol–water partition coefficient (Wildman–Crippen LogP) is 3.65. The molecule has 0 radical (unpaired) electrons. The molecule has 0 aromatic heterocycles. The van der Waals surface area contributed by atoms with Crippen LogP contribution >= 0.6 is 0 Å². The number of carbonyl (C=O) groups is 1. The molecule has 0 bridgehead atoms. The molecule has 0 unspecified atom stereocenters. The summed E-state index contributed by atoms with van der Waals surface area (Å²) in [6.07, 6.45) is 0.0302. The van der Waals surface area contributed by atoms with Gasteiger partial charge in [-0.25, -0.2) is 22.0 Å². The predicted molar refractivity (Wildman–Crippen MR) is 63.5 cm³/mol. The molecule has 0 atom stereocenters. The minimum atomic E-state index is -2.32. The van der Waals surface area contributed by atoms with Gasteiger partial charge in [-0.1, -0.05) is 13.8 Å². The molecule has 3 nitrogen and oxygen atoms in total. The zero-order valence-corrected chi connectivity index (χ0v) is 11.2. The van der Waals surface area contributed by atoms with Crippen molar-refractivity contribution in [3.05, 3.63) is 29.1 Å². The Balaban J connectivity index is 3.33. The lowest BCUT2D eigenvalue weighted by Gasteiger charge is -2.22. The van der Waals surface area contributed by atoms with Gasteiger partial charge in [0.15, 0.2) is 23.3 Å². The average Bonchev–Trinajstić information content (AvgIpc) is 2.50. The summed E-state index contributed by atoms with van der Waals surface area (Å²) in [5.41, 5.74) is -3.07. The van der Waals surface area contributed by atoms with Crippen LogP contribution in [0.4, 0.5) is 27.6 Å². The highest BCUT2D eigenvalue weighted by Crippen LogP contribution is 2.31. The van der Waals surface area contributed by atoms with E-state index in [2.05, 4.69) is 0 Å². The van der Waals surface area contributed by atoms with Crippen LogP contribution in [0.5, 0.6) is 0 Å². The zero-order valence-electron chi connectivity index (χ0n) is 11.2. The van der Waals surface area contributed by atoms with Crippen molar-refractivity contribution in [3.63, 3.8) is 0 Å². The molecule has 0 aliphatic heterocycles. The lowest BCUT2D eigenvalue weighted by molar-refractivity contribution is -0.123. The molecule has 1 aromatic carbocycles. The maximum atomic E-state index is 13.4. The van der Waals surface area contributed by atoms with Gasteiger partial charge in [0.05, 0.1) is 6.07 Å². The van der Waals surface area contributed by atoms with E-state index in [-0.39, 0.29) is 12.8 Å². The number of hydrogen-bond donors (Lipinski definition) is 1. The van der Waals surface area contributed by atoms with Crippen LogP contribution in [0.3, 0.4) is 0 Å². The summed E-state index contributed by atoms with van der Waals surface area (Å²) in [5, 5.41) is 10.6. The number of hydrogen-bond acceptors (Lipinski definition) is 2. The van der Waals surface area contributed by atoms with E-state index in [0.29, 0.717) is 0 Å². The fourth-order valence-corrected chi connectivity index (χ4v) is 1.73. The van der Waals surface area contributed by atoms with Crippen molar-refractivity contribution in [2.24, 2.45) is 5.41 Å². The van der Waals surface area contributed by atoms with Gasteiger partial charge in [-0.2, -0.15) is 5.26 Å². The second kappa shape index (κ2) is 6.08. The Labute approximate surface area is 117 Å². The molecule has 0 fully saturated rings. The van der Waals surface area contributed by atoms with E-state index in [1.165, 1.54) is 13.8 Å². The van der Waals surface area contributed by atoms with Crippen molar-refractivity contribution in [1.82, 2.24) is 0 Å². The van der Waals surface area contributed by atoms with Crippen molar-refractivity contribution in [3.8, 4) is 6.07 Å². The first-order valence-corrected chi connectivity index (χ1v) is 5.99. The van der Waals surface area contributed by atoms with Crippen molar-refractivity contribution in [2.75, 3.05) is 5.32 Å². The van der Waals surface area contributed by atoms with Gasteiger partial charge in [0.2, 0.25) is 11.7 Å². The third-order valence-corrected chi connectivity index (χ3v) is 3.30. The summed E-state index contributed by atoms with van der Waals surface area (Å²) < 4.78 is 65.8. The maximum absolute atomic E-state index is 13.4. The van der Waals surface area contributed by atoms with Crippen LogP contribution in [0.1, 0.15) is 26.7 Å². The standard InChI is InChI=1S/C13H11F5N2O/c1-3-13(4-2,5-19)12(21)20-11-9(17)7(15)6(14)8(16)10(11)18/h3-4H2,1-2H3,(H,20,21). The summed E-state index contributed by atoms with van der Waals surface area (Å²) >= 11 is 0. The Bertz CT molecular complexity index is 591. The van der Waals surface area contributed by atoms with E-state index in [4.69, 9.17) is 5.26 Å². The molecule has 0 aliphatic carbocycles. The lowest BCUT2D eigenvalue weighted by atomic mass is 9.83. The molecule has 0 heterocycles. The lowest BCUT2D eigenvalue weighted by Crippen LogP contribution is -2.34. The normalized spacial score (nSPS) is 11.1. The fourth-order valence-electron chi connectivity index (χ4n) is 1.73. The summed E-state index contributed by atoms with van der Waals surface area (Å²) in [4.78, 5) is 11.9. The van der Waals surface area contributed by atoms with Gasteiger partial charge < -0.3 is 5.32 Å². The third kappa shape index (κ3) is 2.68. The van der Waals surface area contributed by atoms with Crippen molar-refractivity contribution in [1.29, 1.82) is 5.26 Å². The van der Waals surface area contributed by atoms with Gasteiger partial charge in [-0.05, 0) is 12.8 Å². The smallest absolute Gasteiger partial charge is 0.244 e. The Morgan fingerprint density at radius 1 is 1.00 bits per heavy atom. The largest absolute Gasteiger partial charge is 0.320 e. The Hall–Kier alpha value is -2.17. The first kappa shape index (κ1) is 16.9. The number of halogens is 5. The van der Waals surface area contributed by atoms with E-state index in [0.717, 1.165) is 0 Å². The molecule has 8 heteroatoms. The van der Waals surface area contributed by atoms with E-state index < -0.39 is 46.1 Å². The Morgan fingerprint density at radius 3 is 1.71 bits per heavy atom. The number of rotatable bonds is 4. The van der Waals surface area contributed by atoms with E-state index in [9.17, 15) is 26.7 Å². The topological polar surface area (TPSA) is 52.9 Å². The van der Waals surface area contributed by atoms with Gasteiger partial charge in [-0.3, -0.25) is 4.79 Å². The van der Waals surface area contributed by atoms with Crippen LogP contribution in [-0.2, 0) is 4.79 Å². The highest BCUT2D eigenvalue weighted by atomic mass is 19.2. The van der Waals surface area contributed by atoms with Crippen LogP contribution in [0.2, 0.25) is 0 Å². The fraction of sp³-hybridized carbons (Fsp3) is 0.385. The number of benzene rings is 1. The first-order valence-electron chi connectivity index (χ1n) is 5.99. The van der Waals surface area contributed by atoms with Crippen molar-refractivity contribution < 1.29 is 26.7 Å². The van der Waals surface area contributed by atoms with E-state index >= 15 is 0 Å². The maximum Gasteiger partial charge on any atom is 0.244 e. The third-order valence-electron chi connectivity index (χ3n) is 3.30. The molecular weight excluding hydrogens is 295 g/mol. The second-order valence-electron chi connectivity index (χ2n) is 4.30. The van der Waals surface area contributed by atoms with E-state index in [1.807, 2.05) is 0 Å². The molecule has 1 amide bonds. The first-order chi connectivity index (χ1) is 9.75. The molecule has 0 aliphatic rings. The zero-order chi connectivity index (χ0) is 16.4. The number of amides is 1.